The number of piperazine rings is 1. The van der Waals surface area contributed by atoms with Gasteiger partial charge in [-0.25, -0.2) is 14.8 Å². The summed E-state index contributed by atoms with van der Waals surface area (Å²) in [7, 11) is 3.38. The van der Waals surface area contributed by atoms with Gasteiger partial charge in [0.2, 0.25) is 5.91 Å². The van der Waals surface area contributed by atoms with E-state index in [1.807, 2.05) is 61.5 Å². The fourth-order valence-corrected chi connectivity index (χ4v) is 4.75. The number of rotatable bonds is 7. The molecule has 1 fully saturated rings. The fraction of sp³-hybridized carbons (Fsp3) is 0.267. The lowest BCUT2D eigenvalue weighted by Gasteiger charge is -2.35. The number of pyridine rings is 1. The molecule has 2 aromatic heterocycles. The van der Waals surface area contributed by atoms with Crippen molar-refractivity contribution in [1.29, 1.82) is 0 Å². The van der Waals surface area contributed by atoms with Crippen LogP contribution >= 0.6 is 0 Å². The van der Waals surface area contributed by atoms with Gasteiger partial charge in [-0.2, -0.15) is 0 Å². The molecular formula is C30H32N6O4. The van der Waals surface area contributed by atoms with E-state index in [1.165, 1.54) is 7.11 Å². The second-order valence-corrected chi connectivity index (χ2v) is 9.81. The molecule has 0 saturated carbocycles. The Kier molecular flexibility index (Phi) is 7.90. The number of hydrogen-bond acceptors (Lipinski definition) is 8. The largest absolute Gasteiger partial charge is 0.494 e. The van der Waals surface area contributed by atoms with Crippen molar-refractivity contribution in [2.75, 3.05) is 45.7 Å². The highest BCUT2D eigenvalue weighted by Gasteiger charge is 2.25. The molecule has 0 bridgehead atoms. The summed E-state index contributed by atoms with van der Waals surface area (Å²) < 4.78 is 4.77. The lowest BCUT2D eigenvalue weighted by Crippen LogP contribution is -2.51. The zero-order valence-corrected chi connectivity index (χ0v) is 22.7. The summed E-state index contributed by atoms with van der Waals surface area (Å²) >= 11 is 0. The van der Waals surface area contributed by atoms with Crippen molar-refractivity contribution in [2.45, 2.75) is 13.0 Å². The number of methoxy groups -OCH3 is 1. The molecule has 2 aromatic carbocycles. The quantitative estimate of drug-likeness (QED) is 0.241. The number of fused-ring (bicyclic) bond motifs is 1. The van der Waals surface area contributed by atoms with Gasteiger partial charge < -0.3 is 25.0 Å². The van der Waals surface area contributed by atoms with Crippen LogP contribution < -0.4 is 5.32 Å². The van der Waals surface area contributed by atoms with E-state index in [0.717, 1.165) is 31.7 Å². The van der Waals surface area contributed by atoms with Crippen LogP contribution in [0.3, 0.4) is 0 Å². The maximum Gasteiger partial charge on any atom is 0.356 e. The number of amides is 1. The van der Waals surface area contributed by atoms with Gasteiger partial charge in [-0.3, -0.25) is 9.69 Å². The Morgan fingerprint density at radius 3 is 2.40 bits per heavy atom. The minimum Gasteiger partial charge on any atom is -0.494 e. The third-order valence-electron chi connectivity index (χ3n) is 7.16. The number of aliphatic imine (C=N–C) groups is 1. The molecule has 1 aliphatic rings. The van der Waals surface area contributed by atoms with Crippen LogP contribution in [0.2, 0.25) is 0 Å². The Morgan fingerprint density at radius 1 is 1.02 bits per heavy atom. The molecule has 10 nitrogen and oxygen atoms in total. The van der Waals surface area contributed by atoms with Crippen molar-refractivity contribution in [3.05, 3.63) is 83.6 Å². The first-order chi connectivity index (χ1) is 19.3. The summed E-state index contributed by atoms with van der Waals surface area (Å²) in [5.41, 5.74) is 3.56. The van der Waals surface area contributed by atoms with Crippen LogP contribution in [-0.4, -0.2) is 88.8 Å². The highest BCUT2D eigenvalue weighted by Crippen LogP contribution is 2.31. The van der Waals surface area contributed by atoms with E-state index < -0.39 is 5.97 Å². The van der Waals surface area contributed by atoms with Crippen LogP contribution in [-0.2, 0) is 9.53 Å². The van der Waals surface area contributed by atoms with Crippen molar-refractivity contribution in [3.63, 3.8) is 0 Å². The monoisotopic (exact) mass is 540 g/mol. The van der Waals surface area contributed by atoms with E-state index in [9.17, 15) is 14.7 Å². The predicted molar refractivity (Wildman–Crippen MR) is 154 cm³/mol. The van der Waals surface area contributed by atoms with Gasteiger partial charge in [0.25, 0.3) is 0 Å². The molecule has 0 spiro atoms. The van der Waals surface area contributed by atoms with Crippen LogP contribution in [0.4, 0.5) is 11.4 Å². The number of aromatic hydroxyl groups is 1. The number of ether oxygens (including phenoxy) is 1. The summed E-state index contributed by atoms with van der Waals surface area (Å²) in [6.45, 7) is 5.55. The third-order valence-corrected chi connectivity index (χ3v) is 7.16. The first-order valence-corrected chi connectivity index (χ1v) is 13.1. The molecule has 1 aliphatic heterocycles. The number of nitrogens with one attached hydrogen (secondary N) is 2. The molecule has 1 saturated heterocycles. The Balaban J connectivity index is 1.43. The molecule has 3 N–H and O–H groups in total. The average molecular weight is 541 g/mol. The maximum atomic E-state index is 12.9. The lowest BCUT2D eigenvalue weighted by molar-refractivity contribution is -0.121. The van der Waals surface area contributed by atoms with Crippen LogP contribution in [0.1, 0.15) is 28.5 Å². The molecule has 206 valence electrons. The van der Waals surface area contributed by atoms with Gasteiger partial charge in [0.15, 0.2) is 11.6 Å². The first-order valence-electron chi connectivity index (χ1n) is 13.1. The van der Waals surface area contributed by atoms with Crippen molar-refractivity contribution in [2.24, 2.45) is 4.99 Å². The number of nitrogens with zero attached hydrogens (tertiary/aromatic N) is 4. The van der Waals surface area contributed by atoms with Gasteiger partial charge >= 0.3 is 5.97 Å². The van der Waals surface area contributed by atoms with E-state index in [0.29, 0.717) is 33.7 Å². The smallest absolute Gasteiger partial charge is 0.356 e. The van der Waals surface area contributed by atoms with Crippen molar-refractivity contribution < 1.29 is 19.4 Å². The number of carbonyl (C=O) groups excluding carboxylic acids is 2. The van der Waals surface area contributed by atoms with E-state index in [-0.39, 0.29) is 23.5 Å². The molecule has 40 heavy (non-hydrogen) atoms. The Bertz CT molecular complexity index is 1540. The standard InChI is InChI=1S/C30H32N6O4/c1-19(36-17-15-35(2)16-18-36)28(37)32-22-11-9-21(10-12-22)31-26(20-7-5-4-6-8-20)25-23-13-14-24(30(39)40-3)33-27(23)34-29(25)38/h4-14,19,38H,15-18H2,1-3H3,(H,32,37)(H,33,34). The van der Waals surface area contributed by atoms with E-state index in [4.69, 9.17) is 9.73 Å². The van der Waals surface area contributed by atoms with E-state index in [1.54, 1.807) is 12.1 Å². The van der Waals surface area contributed by atoms with E-state index in [2.05, 4.69) is 32.1 Å². The number of benzene rings is 2. The van der Waals surface area contributed by atoms with E-state index >= 15 is 0 Å². The van der Waals surface area contributed by atoms with Crippen molar-refractivity contribution in [1.82, 2.24) is 19.8 Å². The summed E-state index contributed by atoms with van der Waals surface area (Å²) in [6, 6.07) is 19.8. The molecule has 5 rings (SSSR count). The predicted octanol–water partition coefficient (Wildman–Crippen LogP) is 3.80. The first kappa shape index (κ1) is 27.0. The lowest BCUT2D eigenvalue weighted by atomic mass is 10.0. The third kappa shape index (κ3) is 5.73. The van der Waals surface area contributed by atoms with Crippen LogP contribution in [0, 0.1) is 0 Å². The van der Waals surface area contributed by atoms with Crippen LogP contribution in [0.15, 0.2) is 71.7 Å². The number of carbonyl (C=O) groups is 2. The summed E-state index contributed by atoms with van der Waals surface area (Å²) in [4.78, 5) is 41.3. The second-order valence-electron chi connectivity index (χ2n) is 9.81. The van der Waals surface area contributed by atoms with Gasteiger partial charge in [0.1, 0.15) is 5.65 Å². The van der Waals surface area contributed by atoms with Gasteiger partial charge in [-0.1, -0.05) is 30.3 Å². The topological polar surface area (TPSA) is 123 Å². The minimum atomic E-state index is -0.570. The molecule has 3 heterocycles. The van der Waals surface area contributed by atoms with Gasteiger partial charge in [-0.15, -0.1) is 0 Å². The normalized spacial score (nSPS) is 15.6. The molecular weight excluding hydrogens is 508 g/mol. The van der Waals surface area contributed by atoms with Crippen LogP contribution in [0.25, 0.3) is 11.0 Å². The average Bonchev–Trinajstić information content (AvgIpc) is 3.31. The number of aromatic nitrogens is 2. The molecule has 4 aromatic rings. The maximum absolute atomic E-state index is 12.9. The number of likely N-dealkylation sites (N-methyl/N-ethyl adjacent to an activating group) is 1. The zero-order chi connectivity index (χ0) is 28.2. The number of anilines is 1. The SMILES string of the molecule is COC(=O)c1ccc2c(C(=Nc3ccc(NC(=O)C(C)N4CCN(C)CC4)cc3)c3ccccc3)c(O)[nH]c2n1. The zero-order valence-electron chi connectivity index (χ0n) is 22.7. The van der Waals surface area contributed by atoms with Crippen molar-refractivity contribution in [3.8, 4) is 5.88 Å². The number of H-pyrrole nitrogens is 1. The molecule has 1 unspecified atom stereocenters. The highest BCUT2D eigenvalue weighted by atomic mass is 16.5. The van der Waals surface area contributed by atoms with Crippen LogP contribution in [0.5, 0.6) is 5.88 Å². The summed E-state index contributed by atoms with van der Waals surface area (Å²) in [5.74, 6) is -0.734. The Morgan fingerprint density at radius 2 is 1.73 bits per heavy atom. The van der Waals surface area contributed by atoms with Gasteiger partial charge in [-0.05, 0) is 50.4 Å². The fourth-order valence-electron chi connectivity index (χ4n) is 4.75. The Hall–Kier alpha value is -4.54. The second kappa shape index (κ2) is 11.7. The number of hydrogen-bond donors (Lipinski definition) is 3. The molecule has 0 aliphatic carbocycles. The summed E-state index contributed by atoms with van der Waals surface area (Å²) in [6.07, 6.45) is 0. The summed E-state index contributed by atoms with van der Waals surface area (Å²) in [5, 5.41) is 14.5. The van der Waals surface area contributed by atoms with Crippen molar-refractivity contribution >= 4 is 40.0 Å². The molecule has 0 radical (unpaired) electrons. The number of esters is 1. The minimum absolute atomic E-state index is 0.0479. The van der Waals surface area contributed by atoms with Gasteiger partial charge in [0, 0.05) is 42.8 Å². The molecule has 1 amide bonds. The number of aromatic amines is 1. The Labute approximate surface area is 232 Å². The molecule has 1 atom stereocenters. The molecule has 10 heteroatoms. The highest BCUT2D eigenvalue weighted by molar-refractivity contribution is 6.21. The van der Waals surface area contributed by atoms with Gasteiger partial charge in [0.05, 0.1) is 30.1 Å².